The second-order valence-electron chi connectivity index (χ2n) is 5.18. The average Bonchev–Trinajstić information content (AvgIpc) is 2.61. The number of hydrogen-bond donors (Lipinski definition) is 2. The number of nitrogens with one attached hydrogen (secondary N) is 1. The predicted molar refractivity (Wildman–Crippen MR) is 98.5 cm³/mol. The van der Waals surface area contributed by atoms with Crippen LogP contribution in [0.25, 0.3) is 0 Å². The minimum atomic E-state index is -0.587. The third-order valence-electron chi connectivity index (χ3n) is 3.49. The van der Waals surface area contributed by atoms with E-state index in [0.29, 0.717) is 17.2 Å². The van der Waals surface area contributed by atoms with E-state index in [2.05, 4.69) is 5.32 Å². The molecule has 0 saturated heterocycles. The van der Waals surface area contributed by atoms with Crippen molar-refractivity contribution in [3.8, 4) is 11.5 Å². The minimum absolute atomic E-state index is 0.228. The van der Waals surface area contributed by atoms with E-state index in [9.17, 15) is 9.59 Å². The van der Waals surface area contributed by atoms with Crippen molar-refractivity contribution in [2.75, 3.05) is 19.5 Å². The number of carbonyl (C=O) groups is 2. The number of hydrogen-bond acceptors (Lipinski definition) is 5. The molecule has 0 spiro atoms. The second kappa shape index (κ2) is 8.43. The van der Waals surface area contributed by atoms with Crippen LogP contribution < -0.4 is 20.5 Å². The van der Waals surface area contributed by atoms with Crippen molar-refractivity contribution in [3.05, 3.63) is 48.0 Å². The van der Waals surface area contributed by atoms with E-state index in [1.165, 1.54) is 11.8 Å². The molecule has 0 aliphatic carbocycles. The van der Waals surface area contributed by atoms with Crippen molar-refractivity contribution >= 4 is 29.3 Å². The van der Waals surface area contributed by atoms with Gasteiger partial charge in [-0.15, -0.1) is 11.8 Å². The average molecular weight is 360 g/mol. The Kier molecular flexibility index (Phi) is 6.30. The van der Waals surface area contributed by atoms with Crippen LogP contribution in [-0.2, 0) is 4.79 Å². The summed E-state index contributed by atoms with van der Waals surface area (Å²) in [6.07, 6.45) is 0. The van der Waals surface area contributed by atoms with Gasteiger partial charge in [0, 0.05) is 4.90 Å². The fraction of sp³-hybridized carbons (Fsp3) is 0.222. The monoisotopic (exact) mass is 360 g/mol. The zero-order chi connectivity index (χ0) is 18.4. The van der Waals surface area contributed by atoms with Crippen LogP contribution in [0, 0.1) is 0 Å². The van der Waals surface area contributed by atoms with Crippen LogP contribution in [0.1, 0.15) is 17.3 Å². The highest BCUT2D eigenvalue weighted by Gasteiger charge is 2.18. The molecule has 1 atom stereocenters. The van der Waals surface area contributed by atoms with Crippen LogP contribution in [0.2, 0.25) is 0 Å². The summed E-state index contributed by atoms with van der Waals surface area (Å²) in [6.45, 7) is 1.78. The molecule has 0 heterocycles. The Hall–Kier alpha value is -2.67. The van der Waals surface area contributed by atoms with Gasteiger partial charge >= 0.3 is 0 Å². The molecule has 0 aliphatic rings. The highest BCUT2D eigenvalue weighted by atomic mass is 32.2. The van der Waals surface area contributed by atoms with Crippen LogP contribution in [0.4, 0.5) is 5.69 Å². The van der Waals surface area contributed by atoms with E-state index in [4.69, 9.17) is 15.2 Å². The van der Waals surface area contributed by atoms with E-state index >= 15 is 0 Å². The van der Waals surface area contributed by atoms with Crippen LogP contribution in [-0.4, -0.2) is 31.3 Å². The fourth-order valence-corrected chi connectivity index (χ4v) is 3.08. The molecule has 2 aromatic rings. The van der Waals surface area contributed by atoms with Crippen molar-refractivity contribution in [2.45, 2.75) is 17.1 Å². The first kappa shape index (κ1) is 18.7. The number of primary amides is 1. The van der Waals surface area contributed by atoms with Crippen molar-refractivity contribution in [2.24, 2.45) is 5.73 Å². The molecule has 132 valence electrons. The lowest BCUT2D eigenvalue weighted by molar-refractivity contribution is -0.115. The number of benzene rings is 2. The van der Waals surface area contributed by atoms with E-state index in [1.807, 2.05) is 12.1 Å². The second-order valence-corrected chi connectivity index (χ2v) is 6.59. The number of rotatable bonds is 7. The molecular weight excluding hydrogens is 340 g/mol. The molecule has 2 aromatic carbocycles. The smallest absolute Gasteiger partial charge is 0.250 e. The summed E-state index contributed by atoms with van der Waals surface area (Å²) in [7, 11) is 3.13. The van der Waals surface area contributed by atoms with E-state index in [1.54, 1.807) is 51.5 Å². The summed E-state index contributed by atoms with van der Waals surface area (Å²) in [5, 5.41) is 2.36. The van der Waals surface area contributed by atoms with E-state index in [-0.39, 0.29) is 16.7 Å². The first-order valence-electron chi connectivity index (χ1n) is 7.54. The van der Waals surface area contributed by atoms with Gasteiger partial charge in [-0.05, 0) is 37.3 Å². The van der Waals surface area contributed by atoms with Gasteiger partial charge in [0.05, 0.1) is 30.7 Å². The number of para-hydroxylation sites is 1. The highest BCUT2D eigenvalue weighted by Crippen LogP contribution is 2.33. The van der Waals surface area contributed by atoms with Crippen molar-refractivity contribution < 1.29 is 19.1 Å². The highest BCUT2D eigenvalue weighted by molar-refractivity contribution is 8.00. The summed E-state index contributed by atoms with van der Waals surface area (Å²) in [4.78, 5) is 24.7. The maximum atomic E-state index is 12.4. The van der Waals surface area contributed by atoms with Gasteiger partial charge < -0.3 is 20.5 Å². The maximum Gasteiger partial charge on any atom is 0.250 e. The number of nitrogens with two attached hydrogens (primary N) is 1. The Morgan fingerprint density at radius 1 is 1.08 bits per heavy atom. The molecule has 2 amide bonds. The van der Waals surface area contributed by atoms with E-state index < -0.39 is 5.91 Å². The van der Waals surface area contributed by atoms with Gasteiger partial charge in [0.15, 0.2) is 11.5 Å². The lowest BCUT2D eigenvalue weighted by Gasteiger charge is -2.15. The fourth-order valence-electron chi connectivity index (χ4n) is 2.19. The summed E-state index contributed by atoms with van der Waals surface area (Å²) in [5.41, 5.74) is 6.01. The number of carbonyl (C=O) groups excluding carboxylic acids is 2. The zero-order valence-electron chi connectivity index (χ0n) is 14.2. The quantitative estimate of drug-likeness (QED) is 0.741. The molecule has 6 nitrogen and oxygen atoms in total. The number of anilines is 1. The van der Waals surface area contributed by atoms with Gasteiger partial charge in [-0.25, -0.2) is 0 Å². The van der Waals surface area contributed by atoms with Crippen molar-refractivity contribution in [1.29, 1.82) is 0 Å². The Morgan fingerprint density at radius 2 is 1.76 bits per heavy atom. The molecule has 0 bridgehead atoms. The molecule has 7 heteroatoms. The SMILES string of the molecule is COc1ccc(S[C@H](C)C(=O)Nc2ccccc2C(N)=O)cc1OC. The van der Waals surface area contributed by atoms with Crippen LogP contribution in [0.3, 0.4) is 0 Å². The van der Waals surface area contributed by atoms with Crippen molar-refractivity contribution in [3.63, 3.8) is 0 Å². The molecule has 0 aliphatic heterocycles. The number of thioether (sulfide) groups is 1. The molecule has 3 N–H and O–H groups in total. The first-order valence-corrected chi connectivity index (χ1v) is 8.42. The number of ether oxygens (including phenoxy) is 2. The standard InChI is InChI=1S/C18H20N2O4S/c1-11(25-12-8-9-15(23-2)16(10-12)24-3)18(22)20-14-7-5-4-6-13(14)17(19)21/h4-11H,1-3H3,(H2,19,21)(H,20,22)/t11-/m1/s1. The van der Waals surface area contributed by atoms with Gasteiger partial charge in [-0.1, -0.05) is 12.1 Å². The number of methoxy groups -OCH3 is 2. The summed E-state index contributed by atoms with van der Waals surface area (Å²) >= 11 is 1.37. The third kappa shape index (κ3) is 4.67. The molecule has 0 saturated carbocycles. The molecule has 2 rings (SSSR count). The molecular formula is C18H20N2O4S. The normalized spacial score (nSPS) is 11.5. The van der Waals surface area contributed by atoms with Gasteiger partial charge in [0.2, 0.25) is 5.91 Å². The topological polar surface area (TPSA) is 90.6 Å². The summed E-state index contributed by atoms with van der Waals surface area (Å²) < 4.78 is 10.5. The van der Waals surface area contributed by atoms with Gasteiger partial charge in [0.1, 0.15) is 0 Å². The third-order valence-corrected chi connectivity index (χ3v) is 4.58. The summed E-state index contributed by atoms with van der Waals surface area (Å²) in [6, 6.07) is 12.1. The van der Waals surface area contributed by atoms with Gasteiger partial charge in [-0.3, -0.25) is 9.59 Å². The van der Waals surface area contributed by atoms with Crippen molar-refractivity contribution in [1.82, 2.24) is 0 Å². The largest absolute Gasteiger partial charge is 0.493 e. The Labute approximate surface area is 150 Å². The van der Waals surface area contributed by atoms with Crippen LogP contribution in [0.15, 0.2) is 47.4 Å². The first-order chi connectivity index (χ1) is 12.0. The lowest BCUT2D eigenvalue weighted by Crippen LogP contribution is -2.24. The van der Waals surface area contributed by atoms with Crippen LogP contribution >= 0.6 is 11.8 Å². The molecule has 25 heavy (non-hydrogen) atoms. The predicted octanol–water partition coefficient (Wildman–Crippen LogP) is 2.92. The Balaban J connectivity index is 2.10. The van der Waals surface area contributed by atoms with Gasteiger partial charge in [-0.2, -0.15) is 0 Å². The molecule has 0 fully saturated rings. The zero-order valence-corrected chi connectivity index (χ0v) is 15.1. The minimum Gasteiger partial charge on any atom is -0.493 e. The number of amides is 2. The van der Waals surface area contributed by atoms with Crippen LogP contribution in [0.5, 0.6) is 11.5 Å². The Morgan fingerprint density at radius 3 is 2.40 bits per heavy atom. The lowest BCUT2D eigenvalue weighted by atomic mass is 10.1. The van der Waals surface area contributed by atoms with Gasteiger partial charge in [0.25, 0.3) is 5.91 Å². The molecule has 0 unspecified atom stereocenters. The summed E-state index contributed by atoms with van der Waals surface area (Å²) in [5.74, 6) is 0.406. The maximum absolute atomic E-state index is 12.4. The van der Waals surface area contributed by atoms with E-state index in [0.717, 1.165) is 4.90 Å². The molecule has 0 radical (unpaired) electrons. The Bertz CT molecular complexity index is 779. The molecule has 0 aromatic heterocycles.